The SMILES string of the molecule is Cc1cc(C[NH+]2CCN(C(=S)Nc3cccc(C)c3C)CC2)no1. The highest BCUT2D eigenvalue weighted by atomic mass is 32.1. The number of hydrogen-bond donors (Lipinski definition) is 2. The highest BCUT2D eigenvalue weighted by Gasteiger charge is 2.23. The summed E-state index contributed by atoms with van der Waals surface area (Å²) in [5.41, 5.74) is 4.67. The van der Waals surface area contributed by atoms with Gasteiger partial charge < -0.3 is 19.6 Å². The third-order valence-electron chi connectivity index (χ3n) is 4.71. The van der Waals surface area contributed by atoms with Crippen LogP contribution in [0, 0.1) is 20.8 Å². The van der Waals surface area contributed by atoms with Gasteiger partial charge in [0.2, 0.25) is 0 Å². The second kappa shape index (κ2) is 7.32. The number of nitrogens with one attached hydrogen (secondary N) is 2. The van der Waals surface area contributed by atoms with Crippen LogP contribution in [0.2, 0.25) is 0 Å². The van der Waals surface area contributed by atoms with Crippen molar-refractivity contribution in [2.75, 3.05) is 31.5 Å². The maximum Gasteiger partial charge on any atom is 0.173 e. The molecule has 0 aliphatic carbocycles. The Morgan fingerprint density at radius 1 is 1.29 bits per heavy atom. The molecule has 0 saturated carbocycles. The summed E-state index contributed by atoms with van der Waals surface area (Å²) in [5, 5.41) is 8.32. The first-order chi connectivity index (χ1) is 11.5. The van der Waals surface area contributed by atoms with E-state index in [0.29, 0.717) is 0 Å². The van der Waals surface area contributed by atoms with E-state index >= 15 is 0 Å². The Bertz CT molecular complexity index is 720. The van der Waals surface area contributed by atoms with E-state index in [0.717, 1.165) is 55.0 Å². The Morgan fingerprint density at radius 2 is 2.04 bits per heavy atom. The zero-order valence-corrected chi connectivity index (χ0v) is 15.4. The fourth-order valence-corrected chi connectivity index (χ4v) is 3.33. The molecule has 0 spiro atoms. The number of anilines is 1. The number of hydrogen-bond acceptors (Lipinski definition) is 3. The molecule has 0 unspecified atom stereocenters. The average Bonchev–Trinajstić information content (AvgIpc) is 2.97. The highest BCUT2D eigenvalue weighted by molar-refractivity contribution is 7.80. The highest BCUT2D eigenvalue weighted by Crippen LogP contribution is 2.18. The summed E-state index contributed by atoms with van der Waals surface area (Å²) < 4.78 is 5.15. The number of quaternary nitrogens is 1. The van der Waals surface area contributed by atoms with Crippen LogP contribution in [0.15, 0.2) is 28.8 Å². The number of nitrogens with zero attached hydrogens (tertiary/aromatic N) is 2. The Kier molecular flexibility index (Phi) is 5.16. The number of thiocarbonyl (C=S) groups is 1. The van der Waals surface area contributed by atoms with E-state index in [-0.39, 0.29) is 0 Å². The van der Waals surface area contributed by atoms with Crippen molar-refractivity contribution in [1.29, 1.82) is 0 Å². The van der Waals surface area contributed by atoms with Crippen molar-refractivity contribution in [2.24, 2.45) is 0 Å². The maximum atomic E-state index is 5.61. The number of benzene rings is 1. The maximum absolute atomic E-state index is 5.61. The molecule has 1 aliphatic rings. The quantitative estimate of drug-likeness (QED) is 0.829. The summed E-state index contributed by atoms with van der Waals surface area (Å²) >= 11 is 5.61. The van der Waals surface area contributed by atoms with Gasteiger partial charge in [-0.2, -0.15) is 0 Å². The molecule has 1 aromatic carbocycles. The van der Waals surface area contributed by atoms with Gasteiger partial charge in [0.05, 0.1) is 26.2 Å². The van der Waals surface area contributed by atoms with Crippen molar-refractivity contribution in [3.05, 3.63) is 46.8 Å². The van der Waals surface area contributed by atoms with Crippen molar-refractivity contribution < 1.29 is 9.42 Å². The lowest BCUT2D eigenvalue weighted by atomic mass is 10.1. The predicted octanol–water partition coefficient (Wildman–Crippen LogP) is 1.70. The zero-order chi connectivity index (χ0) is 17.1. The lowest BCUT2D eigenvalue weighted by Gasteiger charge is -2.33. The van der Waals surface area contributed by atoms with Gasteiger partial charge in [0.25, 0.3) is 0 Å². The van der Waals surface area contributed by atoms with Crippen LogP contribution in [0.1, 0.15) is 22.6 Å². The Balaban J connectivity index is 1.52. The Labute approximate surface area is 148 Å². The summed E-state index contributed by atoms with van der Waals surface area (Å²) in [7, 11) is 0. The largest absolute Gasteiger partial charge is 0.361 e. The molecule has 2 aromatic rings. The monoisotopic (exact) mass is 345 g/mol. The van der Waals surface area contributed by atoms with E-state index < -0.39 is 0 Å². The van der Waals surface area contributed by atoms with Crippen LogP contribution in [0.3, 0.4) is 0 Å². The molecule has 0 amide bonds. The van der Waals surface area contributed by atoms with Crippen molar-refractivity contribution in [2.45, 2.75) is 27.3 Å². The molecule has 5 nitrogen and oxygen atoms in total. The van der Waals surface area contributed by atoms with Crippen LogP contribution in [-0.4, -0.2) is 41.3 Å². The number of aryl methyl sites for hydroxylation is 2. The molecule has 3 rings (SSSR count). The third kappa shape index (κ3) is 3.94. The first kappa shape index (κ1) is 16.9. The van der Waals surface area contributed by atoms with Crippen molar-refractivity contribution in [3.63, 3.8) is 0 Å². The molecule has 0 radical (unpaired) electrons. The van der Waals surface area contributed by atoms with Crippen molar-refractivity contribution >= 4 is 23.0 Å². The molecule has 2 heterocycles. The normalized spacial score (nSPS) is 15.5. The summed E-state index contributed by atoms with van der Waals surface area (Å²) in [4.78, 5) is 3.78. The molecule has 0 atom stereocenters. The first-order valence-electron chi connectivity index (χ1n) is 8.41. The molecular weight excluding hydrogens is 320 g/mol. The molecule has 2 N–H and O–H groups in total. The standard InChI is InChI=1S/C18H24N4OS/c1-13-5-4-6-17(15(13)3)19-18(24)22-9-7-21(8-10-22)12-16-11-14(2)23-20-16/h4-6,11H,7-10,12H2,1-3H3,(H,19,24)/p+1. The van der Waals surface area contributed by atoms with Crippen molar-refractivity contribution in [3.8, 4) is 0 Å². The Morgan fingerprint density at radius 3 is 2.71 bits per heavy atom. The Hall–Kier alpha value is -1.92. The van der Waals surface area contributed by atoms with Crippen LogP contribution in [0.25, 0.3) is 0 Å². The second-order valence-corrected chi connectivity index (χ2v) is 6.91. The summed E-state index contributed by atoms with van der Waals surface area (Å²) in [6.07, 6.45) is 0. The van der Waals surface area contributed by atoms with E-state index in [4.69, 9.17) is 16.7 Å². The molecule has 24 heavy (non-hydrogen) atoms. The van der Waals surface area contributed by atoms with Crippen molar-refractivity contribution in [1.82, 2.24) is 10.1 Å². The fourth-order valence-electron chi connectivity index (χ4n) is 3.04. The smallest absolute Gasteiger partial charge is 0.173 e. The molecule has 1 saturated heterocycles. The van der Waals surface area contributed by atoms with Gasteiger partial charge in [0.1, 0.15) is 18.0 Å². The molecule has 1 fully saturated rings. The van der Waals surface area contributed by atoms with Crippen LogP contribution in [0.4, 0.5) is 5.69 Å². The van der Waals surface area contributed by atoms with Gasteiger partial charge in [0, 0.05) is 11.8 Å². The minimum atomic E-state index is 0.819. The van der Waals surface area contributed by atoms with Gasteiger partial charge in [-0.05, 0) is 50.2 Å². The third-order valence-corrected chi connectivity index (χ3v) is 5.07. The van der Waals surface area contributed by atoms with Crippen LogP contribution < -0.4 is 10.2 Å². The molecule has 0 bridgehead atoms. The van der Waals surface area contributed by atoms with E-state index in [2.05, 4.69) is 47.4 Å². The topological polar surface area (TPSA) is 45.7 Å². The number of piperazine rings is 1. The van der Waals surface area contributed by atoms with Gasteiger partial charge in [0.15, 0.2) is 5.11 Å². The fraction of sp³-hybridized carbons (Fsp3) is 0.444. The molecule has 1 aromatic heterocycles. The average molecular weight is 345 g/mol. The lowest BCUT2D eigenvalue weighted by molar-refractivity contribution is -0.917. The van der Waals surface area contributed by atoms with Crippen LogP contribution in [0.5, 0.6) is 0 Å². The molecule has 128 valence electrons. The second-order valence-electron chi connectivity index (χ2n) is 6.52. The van der Waals surface area contributed by atoms with E-state index in [1.807, 2.05) is 13.0 Å². The van der Waals surface area contributed by atoms with Gasteiger partial charge in [-0.25, -0.2) is 0 Å². The number of rotatable bonds is 3. The minimum absolute atomic E-state index is 0.819. The predicted molar refractivity (Wildman–Crippen MR) is 99.4 cm³/mol. The zero-order valence-electron chi connectivity index (χ0n) is 14.6. The van der Waals surface area contributed by atoms with Crippen LogP contribution >= 0.6 is 12.2 Å². The number of aromatic nitrogens is 1. The van der Waals surface area contributed by atoms with Gasteiger partial charge in [-0.3, -0.25) is 0 Å². The first-order valence-corrected chi connectivity index (χ1v) is 8.81. The van der Waals surface area contributed by atoms with E-state index in [1.54, 1.807) is 0 Å². The molecule has 6 heteroatoms. The van der Waals surface area contributed by atoms with E-state index in [1.165, 1.54) is 16.0 Å². The van der Waals surface area contributed by atoms with E-state index in [9.17, 15) is 0 Å². The summed E-state index contributed by atoms with van der Waals surface area (Å²) in [6.45, 7) is 11.1. The summed E-state index contributed by atoms with van der Waals surface area (Å²) in [6, 6.07) is 8.29. The molecular formula is C18H25N4OS+. The van der Waals surface area contributed by atoms with Gasteiger partial charge >= 0.3 is 0 Å². The minimum Gasteiger partial charge on any atom is -0.361 e. The van der Waals surface area contributed by atoms with Crippen LogP contribution in [-0.2, 0) is 6.54 Å². The lowest BCUT2D eigenvalue weighted by Crippen LogP contribution is -3.13. The van der Waals surface area contributed by atoms with Gasteiger partial charge in [-0.15, -0.1) is 0 Å². The van der Waals surface area contributed by atoms with Gasteiger partial charge in [-0.1, -0.05) is 17.3 Å². The molecule has 1 aliphatic heterocycles. The summed E-state index contributed by atoms with van der Waals surface area (Å²) in [5.74, 6) is 0.877.